The number of carboxylic acids is 1. The number of hydrogen-bond acceptors (Lipinski definition) is 4. The molecule has 1 aliphatic heterocycles. The summed E-state index contributed by atoms with van der Waals surface area (Å²) in [5.74, 6) is -0.599. The molecule has 2 aliphatic rings. The predicted molar refractivity (Wildman–Crippen MR) is 92.3 cm³/mol. The number of rotatable bonds is 4. The maximum Gasteiger partial charge on any atom is 0.308 e. The second-order valence-corrected chi connectivity index (χ2v) is 7.29. The van der Waals surface area contributed by atoms with Gasteiger partial charge in [-0.05, 0) is 37.5 Å². The van der Waals surface area contributed by atoms with Crippen LogP contribution in [0.3, 0.4) is 0 Å². The third kappa shape index (κ3) is 3.84. The highest BCUT2D eigenvalue weighted by Crippen LogP contribution is 2.38. The first kappa shape index (κ1) is 17.9. The first-order chi connectivity index (χ1) is 11.9. The van der Waals surface area contributed by atoms with E-state index in [4.69, 9.17) is 21.1 Å². The predicted octanol–water partition coefficient (Wildman–Crippen LogP) is 2.80. The average Bonchev–Trinajstić information content (AvgIpc) is 2.54. The zero-order valence-electron chi connectivity index (χ0n) is 14.1. The van der Waals surface area contributed by atoms with Crippen LogP contribution in [-0.4, -0.2) is 35.7 Å². The van der Waals surface area contributed by atoms with Gasteiger partial charge >= 0.3 is 5.97 Å². The highest BCUT2D eigenvalue weighted by atomic mass is 35.5. The van der Waals surface area contributed by atoms with Gasteiger partial charge in [-0.2, -0.15) is 0 Å². The minimum absolute atomic E-state index is 0.109. The SMILES string of the molecule is CC1(NC(=O)Cc2cc(Cl)c3c(c2)OCCO3)CCCCC1C(=O)O. The second-order valence-electron chi connectivity index (χ2n) is 6.88. The van der Waals surface area contributed by atoms with Crippen molar-refractivity contribution >= 4 is 23.5 Å². The van der Waals surface area contributed by atoms with E-state index in [9.17, 15) is 14.7 Å². The van der Waals surface area contributed by atoms with Crippen LogP contribution in [0, 0.1) is 5.92 Å². The zero-order chi connectivity index (χ0) is 18.0. The van der Waals surface area contributed by atoms with Crippen molar-refractivity contribution in [2.75, 3.05) is 13.2 Å². The summed E-state index contributed by atoms with van der Waals surface area (Å²) < 4.78 is 11.0. The van der Waals surface area contributed by atoms with E-state index in [0.717, 1.165) is 12.8 Å². The monoisotopic (exact) mass is 367 g/mol. The number of nitrogens with one attached hydrogen (secondary N) is 1. The summed E-state index contributed by atoms with van der Waals surface area (Å²) in [4.78, 5) is 24.0. The number of aliphatic carboxylic acids is 1. The van der Waals surface area contributed by atoms with E-state index in [1.54, 1.807) is 12.1 Å². The molecule has 25 heavy (non-hydrogen) atoms. The summed E-state index contributed by atoms with van der Waals surface area (Å²) in [5.41, 5.74) is -0.0169. The third-order valence-corrected chi connectivity index (χ3v) is 5.23. The molecule has 1 heterocycles. The molecule has 1 aromatic rings. The van der Waals surface area contributed by atoms with Crippen molar-refractivity contribution < 1.29 is 24.2 Å². The van der Waals surface area contributed by atoms with Crippen LogP contribution >= 0.6 is 11.6 Å². The smallest absolute Gasteiger partial charge is 0.308 e. The lowest BCUT2D eigenvalue weighted by atomic mass is 9.74. The number of carbonyl (C=O) groups excluding carboxylic acids is 1. The van der Waals surface area contributed by atoms with Crippen LogP contribution in [0.4, 0.5) is 0 Å². The second kappa shape index (κ2) is 7.12. The lowest BCUT2D eigenvalue weighted by molar-refractivity contribution is -0.146. The zero-order valence-corrected chi connectivity index (χ0v) is 14.9. The molecule has 1 saturated carbocycles. The molecule has 2 N–H and O–H groups in total. The van der Waals surface area contributed by atoms with Gasteiger partial charge in [-0.3, -0.25) is 9.59 Å². The summed E-state index contributed by atoms with van der Waals surface area (Å²) >= 11 is 6.20. The van der Waals surface area contributed by atoms with E-state index in [1.807, 2.05) is 6.92 Å². The Morgan fingerprint density at radius 2 is 2.08 bits per heavy atom. The van der Waals surface area contributed by atoms with Gasteiger partial charge < -0.3 is 19.9 Å². The van der Waals surface area contributed by atoms with E-state index in [1.165, 1.54) is 0 Å². The van der Waals surface area contributed by atoms with Crippen LogP contribution in [0.5, 0.6) is 11.5 Å². The molecule has 1 aliphatic carbocycles. The Balaban J connectivity index is 1.72. The number of hydrogen-bond donors (Lipinski definition) is 2. The molecule has 0 aromatic heterocycles. The minimum Gasteiger partial charge on any atom is -0.486 e. The molecule has 0 bridgehead atoms. The van der Waals surface area contributed by atoms with Gasteiger partial charge in [-0.15, -0.1) is 0 Å². The van der Waals surface area contributed by atoms with Gasteiger partial charge in [-0.1, -0.05) is 24.4 Å². The Labute approximate surface area is 151 Å². The molecule has 0 radical (unpaired) electrons. The number of benzene rings is 1. The van der Waals surface area contributed by atoms with E-state index >= 15 is 0 Å². The fraction of sp³-hybridized carbons (Fsp3) is 0.556. The molecule has 2 atom stereocenters. The van der Waals surface area contributed by atoms with Crippen molar-refractivity contribution in [2.24, 2.45) is 5.92 Å². The van der Waals surface area contributed by atoms with Crippen LogP contribution in [-0.2, 0) is 16.0 Å². The summed E-state index contributed by atoms with van der Waals surface area (Å²) in [6.45, 7) is 2.71. The number of ether oxygens (including phenoxy) is 2. The van der Waals surface area contributed by atoms with Crippen molar-refractivity contribution in [2.45, 2.75) is 44.6 Å². The molecule has 3 rings (SSSR count). The Bertz CT molecular complexity index is 692. The fourth-order valence-corrected chi connectivity index (χ4v) is 3.98. The lowest BCUT2D eigenvalue weighted by Crippen LogP contribution is -2.55. The number of fused-ring (bicyclic) bond motifs is 1. The fourth-order valence-electron chi connectivity index (χ4n) is 3.69. The van der Waals surface area contributed by atoms with E-state index in [-0.39, 0.29) is 12.3 Å². The van der Waals surface area contributed by atoms with Gasteiger partial charge in [0.05, 0.1) is 22.9 Å². The van der Waals surface area contributed by atoms with Crippen molar-refractivity contribution in [1.82, 2.24) is 5.32 Å². The van der Waals surface area contributed by atoms with Gasteiger partial charge in [0, 0.05) is 0 Å². The van der Waals surface area contributed by atoms with E-state index in [0.29, 0.717) is 48.1 Å². The maximum absolute atomic E-state index is 12.5. The number of halogens is 1. The summed E-state index contributed by atoms with van der Waals surface area (Å²) in [6.07, 6.45) is 3.15. The average molecular weight is 368 g/mol. The van der Waals surface area contributed by atoms with Gasteiger partial charge in [0.25, 0.3) is 0 Å². The first-order valence-corrected chi connectivity index (χ1v) is 8.89. The number of amides is 1. The summed E-state index contributed by atoms with van der Waals surface area (Å²) in [6, 6.07) is 3.43. The molecule has 1 amide bonds. The molecule has 1 fully saturated rings. The molecule has 6 nitrogen and oxygen atoms in total. The summed E-state index contributed by atoms with van der Waals surface area (Å²) in [7, 11) is 0. The van der Waals surface area contributed by atoms with Crippen LogP contribution in [0.25, 0.3) is 0 Å². The van der Waals surface area contributed by atoms with Crippen LogP contribution in [0.1, 0.15) is 38.2 Å². The molecule has 0 saturated heterocycles. The highest BCUT2D eigenvalue weighted by Gasteiger charge is 2.42. The summed E-state index contributed by atoms with van der Waals surface area (Å²) in [5, 5.41) is 12.8. The van der Waals surface area contributed by atoms with Crippen molar-refractivity contribution in [1.29, 1.82) is 0 Å². The number of carboxylic acid groups (broad SMARTS) is 1. The van der Waals surface area contributed by atoms with Crippen LogP contribution < -0.4 is 14.8 Å². The molecule has 0 spiro atoms. The number of carbonyl (C=O) groups is 2. The Hall–Kier alpha value is -1.95. The molecule has 2 unspecified atom stereocenters. The normalized spacial score (nSPS) is 25.3. The first-order valence-electron chi connectivity index (χ1n) is 8.51. The van der Waals surface area contributed by atoms with E-state index in [2.05, 4.69) is 5.32 Å². The Morgan fingerprint density at radius 1 is 1.32 bits per heavy atom. The largest absolute Gasteiger partial charge is 0.486 e. The third-order valence-electron chi connectivity index (χ3n) is 4.95. The molecule has 1 aromatic carbocycles. The molecular weight excluding hydrogens is 346 g/mol. The standard InChI is InChI=1S/C18H22ClNO5/c1-18(5-3-2-4-12(18)17(22)23)20-15(21)10-11-8-13(19)16-14(9-11)24-6-7-25-16/h8-9,12H,2-7,10H2,1H3,(H,20,21)(H,22,23). The van der Waals surface area contributed by atoms with Crippen molar-refractivity contribution in [3.63, 3.8) is 0 Å². The highest BCUT2D eigenvalue weighted by molar-refractivity contribution is 6.32. The van der Waals surface area contributed by atoms with Crippen LogP contribution in [0.2, 0.25) is 5.02 Å². The van der Waals surface area contributed by atoms with Crippen LogP contribution in [0.15, 0.2) is 12.1 Å². The van der Waals surface area contributed by atoms with Gasteiger partial charge in [0.15, 0.2) is 11.5 Å². The molecule has 7 heteroatoms. The Morgan fingerprint density at radius 3 is 2.84 bits per heavy atom. The quantitative estimate of drug-likeness (QED) is 0.854. The topological polar surface area (TPSA) is 84.9 Å². The van der Waals surface area contributed by atoms with Gasteiger partial charge in [0.2, 0.25) is 5.91 Å². The van der Waals surface area contributed by atoms with Gasteiger partial charge in [0.1, 0.15) is 13.2 Å². The maximum atomic E-state index is 12.5. The minimum atomic E-state index is -0.857. The lowest BCUT2D eigenvalue weighted by Gasteiger charge is -2.39. The van der Waals surface area contributed by atoms with Crippen molar-refractivity contribution in [3.8, 4) is 11.5 Å². The molecule has 136 valence electrons. The Kier molecular flexibility index (Phi) is 5.08. The van der Waals surface area contributed by atoms with Gasteiger partial charge in [-0.25, -0.2) is 0 Å². The van der Waals surface area contributed by atoms with E-state index < -0.39 is 17.4 Å². The molecular formula is C18H22ClNO5. The van der Waals surface area contributed by atoms with Crippen molar-refractivity contribution in [3.05, 3.63) is 22.7 Å².